The van der Waals surface area contributed by atoms with Gasteiger partial charge in [0.05, 0.1) is 33.6 Å². The minimum absolute atomic E-state index is 0.109. The van der Waals surface area contributed by atoms with Crippen LogP contribution in [0.25, 0.3) is 10.4 Å². The normalized spacial score (nSPS) is 28.5. The van der Waals surface area contributed by atoms with Crippen LogP contribution in [0.4, 0.5) is 0 Å². The van der Waals surface area contributed by atoms with Gasteiger partial charge in [-0.1, -0.05) is 24.3 Å². The first kappa shape index (κ1) is 24.8. The molecule has 0 bridgehead atoms. The number of β-amino-alcohol motifs (C(OH)–C–C–N with tert-alkyl or cyclic N) is 1. The van der Waals surface area contributed by atoms with Gasteiger partial charge in [0.1, 0.15) is 6.04 Å². The summed E-state index contributed by atoms with van der Waals surface area (Å²) in [6.45, 7) is 6.14. The number of rotatable bonds is 4. The van der Waals surface area contributed by atoms with Crippen LogP contribution < -0.4 is 0 Å². The van der Waals surface area contributed by atoms with E-state index in [0.717, 1.165) is 34.5 Å². The predicted octanol–water partition coefficient (Wildman–Crippen LogP) is 3.11. The molecule has 2 aromatic rings. The lowest BCUT2D eigenvalue weighted by Crippen LogP contribution is -2.54. The Hall–Kier alpha value is -2.91. The van der Waals surface area contributed by atoms with Crippen molar-refractivity contribution in [3.8, 4) is 10.4 Å². The fraction of sp³-hybridized carbons (Fsp3) is 0.519. The zero-order chi connectivity index (χ0) is 25.6. The van der Waals surface area contributed by atoms with Crippen molar-refractivity contribution in [3.05, 3.63) is 41.0 Å². The number of likely N-dealkylation sites (tertiary alicyclic amines) is 2. The summed E-state index contributed by atoms with van der Waals surface area (Å²) >= 11 is 1.59. The first-order chi connectivity index (χ1) is 17.2. The van der Waals surface area contributed by atoms with E-state index in [0.29, 0.717) is 31.5 Å². The molecule has 0 unspecified atom stereocenters. The van der Waals surface area contributed by atoms with Crippen molar-refractivity contribution in [2.75, 3.05) is 13.1 Å². The van der Waals surface area contributed by atoms with Gasteiger partial charge >= 0.3 is 0 Å². The highest BCUT2D eigenvalue weighted by atomic mass is 32.1. The smallest absolute Gasteiger partial charge is 0.256 e. The van der Waals surface area contributed by atoms with E-state index in [1.54, 1.807) is 21.1 Å². The first-order valence-electron chi connectivity index (χ1n) is 12.6. The molecule has 0 radical (unpaired) electrons. The molecule has 3 amide bonds. The molecule has 9 heteroatoms. The van der Waals surface area contributed by atoms with Crippen LogP contribution in [0.1, 0.15) is 57.2 Å². The van der Waals surface area contributed by atoms with E-state index in [1.165, 1.54) is 6.92 Å². The molecule has 1 N–H and O–H groups in total. The third kappa shape index (κ3) is 4.28. The summed E-state index contributed by atoms with van der Waals surface area (Å²) in [7, 11) is 0. The van der Waals surface area contributed by atoms with Gasteiger partial charge in [-0.2, -0.15) is 0 Å². The van der Waals surface area contributed by atoms with E-state index >= 15 is 0 Å². The number of aliphatic imine (C=N–C) groups is 1. The summed E-state index contributed by atoms with van der Waals surface area (Å²) in [6, 6.07) is 7.03. The van der Waals surface area contributed by atoms with Crippen molar-refractivity contribution < 1.29 is 19.5 Å². The molecule has 4 heterocycles. The van der Waals surface area contributed by atoms with Gasteiger partial charge in [0.25, 0.3) is 5.91 Å². The first-order valence-corrected chi connectivity index (χ1v) is 13.5. The van der Waals surface area contributed by atoms with Crippen LogP contribution in [-0.2, 0) is 19.8 Å². The second kappa shape index (κ2) is 9.52. The SMILES string of the molecule is CC(=O)N1CCCC[C@@H]1C(=O)N1C[C@H](O)C[C@H]1C1=NC(=O)[C@](C)(c2ccc(-c3scnc3C)cc2)C1. The van der Waals surface area contributed by atoms with Crippen LogP contribution in [-0.4, -0.2) is 74.6 Å². The standard InChI is InChI=1S/C27H32N4O4S/c1-16-24(36-15-28-16)18-7-9-19(10-8-18)27(3)13-21(29-26(27)35)23-12-20(33)14-31(23)25(34)22-6-4-5-11-30(22)17(2)32/h7-10,15,20,22-23,33H,4-6,11-14H2,1-3H3/t20-,22-,23+,27+/m1/s1. The Kier molecular flexibility index (Phi) is 6.55. The van der Waals surface area contributed by atoms with Gasteiger partial charge in [-0.15, -0.1) is 11.3 Å². The average Bonchev–Trinajstić information content (AvgIpc) is 3.56. The number of carbonyl (C=O) groups excluding carboxylic acids is 3. The number of aryl methyl sites for hydroxylation is 1. The molecule has 0 aliphatic carbocycles. The number of aliphatic hydroxyl groups excluding tert-OH is 1. The lowest BCUT2D eigenvalue weighted by atomic mass is 9.78. The third-order valence-electron chi connectivity index (χ3n) is 7.92. The molecule has 2 fully saturated rings. The Morgan fingerprint density at radius 2 is 1.92 bits per heavy atom. The van der Waals surface area contributed by atoms with E-state index in [-0.39, 0.29) is 24.3 Å². The average molecular weight is 509 g/mol. The molecule has 1 aromatic carbocycles. The molecule has 4 atom stereocenters. The maximum atomic E-state index is 13.6. The summed E-state index contributed by atoms with van der Waals surface area (Å²) < 4.78 is 0. The lowest BCUT2D eigenvalue weighted by molar-refractivity contribution is -0.146. The molecule has 0 spiro atoms. The van der Waals surface area contributed by atoms with Gasteiger partial charge in [-0.25, -0.2) is 9.98 Å². The number of hydrogen-bond donors (Lipinski definition) is 1. The molecular formula is C27H32N4O4S. The van der Waals surface area contributed by atoms with Crippen molar-refractivity contribution in [1.29, 1.82) is 0 Å². The number of aromatic nitrogens is 1. The van der Waals surface area contributed by atoms with Crippen molar-refractivity contribution in [2.24, 2.45) is 4.99 Å². The number of thiazole rings is 1. The largest absolute Gasteiger partial charge is 0.391 e. The molecule has 3 aliphatic heterocycles. The molecule has 0 saturated carbocycles. The highest BCUT2D eigenvalue weighted by Gasteiger charge is 2.48. The Balaban J connectivity index is 1.37. The molecule has 36 heavy (non-hydrogen) atoms. The fourth-order valence-corrected chi connectivity index (χ4v) is 6.66. The Bertz CT molecular complexity index is 1220. The number of hydrogen-bond acceptors (Lipinski definition) is 6. The number of carbonyl (C=O) groups is 3. The monoisotopic (exact) mass is 508 g/mol. The van der Waals surface area contributed by atoms with Gasteiger partial charge in [-0.05, 0) is 44.2 Å². The second-order valence-electron chi connectivity index (χ2n) is 10.4. The van der Waals surface area contributed by atoms with E-state index in [2.05, 4.69) is 9.98 Å². The summed E-state index contributed by atoms with van der Waals surface area (Å²) in [5, 5.41) is 10.5. The topological polar surface area (TPSA) is 103 Å². The van der Waals surface area contributed by atoms with Gasteiger partial charge in [0.2, 0.25) is 11.8 Å². The number of piperidine rings is 1. The Morgan fingerprint density at radius 1 is 1.17 bits per heavy atom. The van der Waals surface area contributed by atoms with E-state index in [1.807, 2.05) is 43.6 Å². The van der Waals surface area contributed by atoms with Crippen molar-refractivity contribution in [3.63, 3.8) is 0 Å². The number of benzene rings is 1. The predicted molar refractivity (Wildman–Crippen MR) is 138 cm³/mol. The second-order valence-corrected chi connectivity index (χ2v) is 11.2. The van der Waals surface area contributed by atoms with Crippen molar-refractivity contribution in [1.82, 2.24) is 14.8 Å². The third-order valence-corrected chi connectivity index (χ3v) is 8.90. The minimum atomic E-state index is -0.824. The molecular weight excluding hydrogens is 476 g/mol. The lowest BCUT2D eigenvalue weighted by Gasteiger charge is -2.38. The highest BCUT2D eigenvalue weighted by Crippen LogP contribution is 2.39. The zero-order valence-electron chi connectivity index (χ0n) is 20.9. The molecule has 2 saturated heterocycles. The summed E-state index contributed by atoms with van der Waals surface area (Å²) in [5.74, 6) is -0.488. The number of aliphatic hydroxyl groups is 1. The van der Waals surface area contributed by atoms with Gasteiger partial charge in [0.15, 0.2) is 0 Å². The van der Waals surface area contributed by atoms with Crippen LogP contribution in [0.3, 0.4) is 0 Å². The van der Waals surface area contributed by atoms with Crippen LogP contribution in [0.15, 0.2) is 34.8 Å². The summed E-state index contributed by atoms with van der Waals surface area (Å²) in [5.41, 5.74) is 4.56. The zero-order valence-corrected chi connectivity index (χ0v) is 21.8. The van der Waals surface area contributed by atoms with Crippen LogP contribution in [0.2, 0.25) is 0 Å². The van der Waals surface area contributed by atoms with E-state index in [9.17, 15) is 19.5 Å². The Morgan fingerprint density at radius 3 is 2.58 bits per heavy atom. The molecule has 3 aliphatic rings. The summed E-state index contributed by atoms with van der Waals surface area (Å²) in [4.78, 5) is 52.1. The quantitative estimate of drug-likeness (QED) is 0.684. The molecule has 1 aromatic heterocycles. The number of nitrogens with zero attached hydrogens (tertiary/aromatic N) is 4. The van der Waals surface area contributed by atoms with Gasteiger partial charge < -0.3 is 14.9 Å². The maximum Gasteiger partial charge on any atom is 0.256 e. The van der Waals surface area contributed by atoms with E-state index in [4.69, 9.17) is 0 Å². The molecule has 190 valence electrons. The Labute approximate surface area is 215 Å². The van der Waals surface area contributed by atoms with Gasteiger partial charge in [-0.3, -0.25) is 14.4 Å². The van der Waals surface area contributed by atoms with Crippen LogP contribution in [0.5, 0.6) is 0 Å². The number of amides is 3. The molecule has 5 rings (SSSR count). The molecule has 8 nitrogen and oxygen atoms in total. The van der Waals surface area contributed by atoms with E-state index < -0.39 is 23.6 Å². The minimum Gasteiger partial charge on any atom is -0.391 e. The maximum absolute atomic E-state index is 13.6. The summed E-state index contributed by atoms with van der Waals surface area (Å²) in [6.07, 6.45) is 2.45. The van der Waals surface area contributed by atoms with Crippen molar-refractivity contribution in [2.45, 2.75) is 76.5 Å². The highest BCUT2D eigenvalue weighted by molar-refractivity contribution is 7.13. The fourth-order valence-electron chi connectivity index (χ4n) is 5.85. The van der Waals surface area contributed by atoms with Crippen LogP contribution >= 0.6 is 11.3 Å². The van der Waals surface area contributed by atoms with Gasteiger partial charge in [0, 0.05) is 38.6 Å². The van der Waals surface area contributed by atoms with Crippen LogP contribution in [0, 0.1) is 6.92 Å². The van der Waals surface area contributed by atoms with Crippen molar-refractivity contribution >= 4 is 34.8 Å².